The highest BCUT2D eigenvalue weighted by Crippen LogP contribution is 2.29. The van der Waals surface area contributed by atoms with Crippen LogP contribution in [-0.4, -0.2) is 25.7 Å². The summed E-state index contributed by atoms with van der Waals surface area (Å²) in [6.07, 6.45) is 3.86. The molecule has 0 unspecified atom stereocenters. The van der Waals surface area contributed by atoms with Gasteiger partial charge in [-0.25, -0.2) is 0 Å². The number of rotatable bonds is 6. The van der Waals surface area contributed by atoms with Gasteiger partial charge >= 0.3 is 0 Å². The van der Waals surface area contributed by atoms with Crippen LogP contribution >= 0.6 is 34.5 Å². The molecule has 2 rings (SSSR count). The normalized spacial score (nSPS) is 10.9. The molecule has 92 valence electrons. The average Bonchev–Trinajstić information content (AvgIpc) is 2.95. The number of aryl methyl sites for hydroxylation is 2. The largest absolute Gasteiger partial charge is 0.161 e. The predicted molar refractivity (Wildman–Crippen MR) is 71.8 cm³/mol. The summed E-state index contributed by atoms with van der Waals surface area (Å²) in [4.78, 5) is 1.07. The molecule has 0 spiro atoms. The summed E-state index contributed by atoms with van der Waals surface area (Å²) >= 11 is 8.68. The molecular weight excluding hydrogens is 276 g/mol. The van der Waals surface area contributed by atoms with E-state index in [4.69, 9.17) is 11.6 Å². The average molecular weight is 289 g/mol. The first-order chi connectivity index (χ1) is 8.35. The smallest absolute Gasteiger partial charge is 0.143 e. The van der Waals surface area contributed by atoms with Gasteiger partial charge in [-0.3, -0.25) is 0 Å². The van der Waals surface area contributed by atoms with E-state index in [9.17, 15) is 0 Å². The Morgan fingerprint density at radius 2 is 2.06 bits per heavy atom. The van der Waals surface area contributed by atoms with Gasteiger partial charge in [0.15, 0.2) is 5.01 Å². The fourth-order valence-corrected chi connectivity index (χ4v) is 3.24. The highest BCUT2D eigenvalue weighted by molar-refractivity contribution is 7.19. The quantitative estimate of drug-likeness (QED) is 0.766. The lowest BCUT2D eigenvalue weighted by molar-refractivity contribution is 0.868. The van der Waals surface area contributed by atoms with Crippen LogP contribution in [0.2, 0.25) is 0 Å². The monoisotopic (exact) mass is 288 g/mol. The first-order valence-electron chi connectivity index (χ1n) is 5.55. The van der Waals surface area contributed by atoms with Crippen molar-refractivity contribution in [3.05, 3.63) is 10.7 Å². The third-order valence-corrected chi connectivity index (χ3v) is 4.40. The molecule has 0 N–H and O–H groups in total. The summed E-state index contributed by atoms with van der Waals surface area (Å²) in [5, 5.41) is 14.5. The van der Waals surface area contributed by atoms with Crippen molar-refractivity contribution in [3.63, 3.8) is 0 Å². The minimum Gasteiger partial charge on any atom is -0.143 e. The van der Waals surface area contributed by atoms with Crippen LogP contribution in [0.4, 0.5) is 0 Å². The Kier molecular flexibility index (Phi) is 4.82. The van der Waals surface area contributed by atoms with E-state index in [2.05, 4.69) is 26.7 Å². The van der Waals surface area contributed by atoms with E-state index in [1.165, 1.54) is 11.5 Å². The maximum absolute atomic E-state index is 5.66. The lowest BCUT2D eigenvalue weighted by Crippen LogP contribution is -1.86. The maximum Gasteiger partial charge on any atom is 0.161 e. The Labute approximate surface area is 113 Å². The molecule has 0 fully saturated rings. The number of hydrogen-bond acceptors (Lipinski definition) is 6. The number of hydrogen-bond donors (Lipinski definition) is 0. The molecule has 17 heavy (non-hydrogen) atoms. The Hall–Kier alpha value is -0.590. The zero-order valence-corrected chi connectivity index (χ0v) is 11.9. The van der Waals surface area contributed by atoms with Crippen molar-refractivity contribution in [2.45, 2.75) is 32.6 Å². The number of aromatic nitrogens is 4. The fraction of sp³-hybridized carbons (Fsp3) is 0.600. The van der Waals surface area contributed by atoms with E-state index in [-0.39, 0.29) is 0 Å². The van der Waals surface area contributed by atoms with E-state index in [0.717, 1.165) is 46.3 Å². The molecular formula is C10H13ClN4S2. The molecule has 0 aliphatic rings. The first-order valence-corrected chi connectivity index (χ1v) is 7.67. The highest BCUT2D eigenvalue weighted by Gasteiger charge is 2.14. The summed E-state index contributed by atoms with van der Waals surface area (Å²) in [6.45, 7) is 2.13. The van der Waals surface area contributed by atoms with Gasteiger partial charge in [0.05, 0.1) is 5.69 Å². The van der Waals surface area contributed by atoms with E-state index >= 15 is 0 Å². The van der Waals surface area contributed by atoms with Crippen LogP contribution in [0.15, 0.2) is 0 Å². The topological polar surface area (TPSA) is 51.6 Å². The molecule has 0 aliphatic carbocycles. The lowest BCUT2D eigenvalue weighted by atomic mass is 10.2. The highest BCUT2D eigenvalue weighted by atomic mass is 35.5. The summed E-state index contributed by atoms with van der Waals surface area (Å²) in [5.41, 5.74) is 1.04. The van der Waals surface area contributed by atoms with Crippen LogP contribution in [-0.2, 0) is 12.8 Å². The minimum atomic E-state index is 0.665. The van der Waals surface area contributed by atoms with Crippen molar-refractivity contribution >= 4 is 34.5 Å². The molecule has 2 heterocycles. The fourth-order valence-electron chi connectivity index (χ4n) is 1.44. The molecule has 2 aromatic heterocycles. The first kappa shape index (κ1) is 12.9. The molecule has 0 bridgehead atoms. The van der Waals surface area contributed by atoms with Crippen LogP contribution in [0.1, 0.15) is 30.5 Å². The van der Waals surface area contributed by atoms with Crippen molar-refractivity contribution in [1.82, 2.24) is 19.8 Å². The maximum atomic E-state index is 5.66. The second kappa shape index (κ2) is 6.37. The molecule has 0 radical (unpaired) electrons. The van der Waals surface area contributed by atoms with Crippen LogP contribution in [0.25, 0.3) is 9.88 Å². The lowest BCUT2D eigenvalue weighted by Gasteiger charge is -1.93. The minimum absolute atomic E-state index is 0.665. The molecule has 0 atom stereocenters. The van der Waals surface area contributed by atoms with Gasteiger partial charge in [0.2, 0.25) is 0 Å². The second-order valence-corrected chi connectivity index (χ2v) is 5.79. The Balaban J connectivity index is 2.15. The van der Waals surface area contributed by atoms with Crippen molar-refractivity contribution < 1.29 is 0 Å². The van der Waals surface area contributed by atoms with Crippen molar-refractivity contribution in [2.24, 2.45) is 0 Å². The molecule has 0 aliphatic heterocycles. The molecule has 0 saturated carbocycles. The third kappa shape index (κ3) is 3.20. The van der Waals surface area contributed by atoms with Crippen LogP contribution < -0.4 is 0 Å². The van der Waals surface area contributed by atoms with Crippen LogP contribution in [0.5, 0.6) is 0 Å². The zero-order valence-electron chi connectivity index (χ0n) is 9.52. The number of halogens is 1. The number of alkyl halides is 1. The van der Waals surface area contributed by atoms with E-state index in [0.29, 0.717) is 5.88 Å². The molecule has 0 amide bonds. The predicted octanol–water partition coefficient (Wildman–Crippen LogP) is 3.18. The summed E-state index contributed by atoms with van der Waals surface area (Å²) in [5.74, 6) is 0.665. The van der Waals surface area contributed by atoms with Gasteiger partial charge in [-0.05, 0) is 24.4 Å². The van der Waals surface area contributed by atoms with Gasteiger partial charge in [0.1, 0.15) is 9.88 Å². The van der Waals surface area contributed by atoms with E-state index in [1.807, 2.05) is 0 Å². The van der Waals surface area contributed by atoms with Crippen molar-refractivity contribution in [2.75, 3.05) is 5.88 Å². The Morgan fingerprint density at radius 1 is 1.18 bits per heavy atom. The van der Waals surface area contributed by atoms with E-state index < -0.39 is 0 Å². The second-order valence-electron chi connectivity index (χ2n) is 3.59. The summed E-state index contributed by atoms with van der Waals surface area (Å²) in [7, 11) is 0. The van der Waals surface area contributed by atoms with Crippen molar-refractivity contribution in [3.8, 4) is 9.88 Å². The van der Waals surface area contributed by atoms with Gasteiger partial charge in [0, 0.05) is 12.3 Å². The summed E-state index contributed by atoms with van der Waals surface area (Å²) < 4.78 is 4.00. The molecule has 7 heteroatoms. The SMILES string of the molecule is CCCc1nnsc1-c1nnc(CCCCl)s1. The summed E-state index contributed by atoms with van der Waals surface area (Å²) in [6, 6.07) is 0. The van der Waals surface area contributed by atoms with Gasteiger partial charge < -0.3 is 0 Å². The van der Waals surface area contributed by atoms with Crippen LogP contribution in [0, 0.1) is 0 Å². The van der Waals surface area contributed by atoms with Gasteiger partial charge in [-0.2, -0.15) is 0 Å². The Morgan fingerprint density at radius 3 is 2.82 bits per heavy atom. The van der Waals surface area contributed by atoms with Crippen molar-refractivity contribution in [1.29, 1.82) is 0 Å². The van der Waals surface area contributed by atoms with Crippen LogP contribution in [0.3, 0.4) is 0 Å². The van der Waals surface area contributed by atoms with E-state index in [1.54, 1.807) is 11.3 Å². The number of nitrogens with zero attached hydrogens (tertiary/aromatic N) is 4. The standard InChI is InChI=1S/C10H13ClN4S2/c1-2-4-7-9(17-15-12-7)10-14-13-8(16-10)5-3-6-11/h2-6H2,1H3. The molecule has 2 aromatic rings. The van der Waals surface area contributed by atoms with Gasteiger partial charge in [-0.15, -0.1) is 26.9 Å². The van der Waals surface area contributed by atoms with Gasteiger partial charge in [-0.1, -0.05) is 29.2 Å². The third-order valence-electron chi connectivity index (χ3n) is 2.23. The zero-order chi connectivity index (χ0) is 12.1. The molecule has 4 nitrogen and oxygen atoms in total. The molecule has 0 aromatic carbocycles. The molecule has 0 saturated heterocycles. The van der Waals surface area contributed by atoms with Gasteiger partial charge in [0.25, 0.3) is 0 Å². The Bertz CT molecular complexity index is 468.